The first-order valence-electron chi connectivity index (χ1n) is 6.35. The van der Waals surface area contributed by atoms with Gasteiger partial charge in [-0.15, -0.1) is 0 Å². The minimum Gasteiger partial charge on any atom is -0.342 e. The Morgan fingerprint density at radius 3 is 2.12 bits per heavy atom. The summed E-state index contributed by atoms with van der Waals surface area (Å²) in [5.41, 5.74) is 5.57. The summed E-state index contributed by atoms with van der Waals surface area (Å²) < 4.78 is 0. The summed E-state index contributed by atoms with van der Waals surface area (Å²) in [6.07, 6.45) is 1.05. The Balaban J connectivity index is 4.45. The first-order valence-corrected chi connectivity index (χ1v) is 6.35. The van der Waals surface area contributed by atoms with Crippen molar-refractivity contribution in [2.45, 2.75) is 40.2 Å². The lowest BCUT2D eigenvalue weighted by atomic mass is 10.2. The van der Waals surface area contributed by atoms with Crippen molar-refractivity contribution in [1.29, 1.82) is 0 Å². The topological polar surface area (TPSA) is 49.6 Å². The van der Waals surface area contributed by atoms with E-state index >= 15 is 0 Å². The van der Waals surface area contributed by atoms with Gasteiger partial charge in [0.15, 0.2) is 0 Å². The molecule has 0 radical (unpaired) electrons. The summed E-state index contributed by atoms with van der Waals surface area (Å²) in [5, 5.41) is 0. The van der Waals surface area contributed by atoms with E-state index in [0.29, 0.717) is 6.54 Å². The Morgan fingerprint density at radius 1 is 1.19 bits per heavy atom. The van der Waals surface area contributed by atoms with Crippen LogP contribution in [0.25, 0.3) is 0 Å². The molecule has 4 heteroatoms. The Morgan fingerprint density at radius 2 is 1.75 bits per heavy atom. The number of hydrogen-bond acceptors (Lipinski definition) is 3. The number of hydrogen-bond donors (Lipinski definition) is 1. The van der Waals surface area contributed by atoms with E-state index in [4.69, 9.17) is 5.73 Å². The van der Waals surface area contributed by atoms with E-state index in [1.807, 2.05) is 25.7 Å². The van der Waals surface area contributed by atoms with Crippen molar-refractivity contribution in [2.75, 3.05) is 32.7 Å². The average molecular weight is 229 g/mol. The minimum atomic E-state index is -0.0524. The third-order valence-corrected chi connectivity index (χ3v) is 2.91. The largest absolute Gasteiger partial charge is 0.342 e. The first-order chi connectivity index (χ1) is 7.62. The van der Waals surface area contributed by atoms with E-state index in [2.05, 4.69) is 11.8 Å². The second-order valence-electron chi connectivity index (χ2n) is 4.01. The molecule has 0 aromatic carbocycles. The van der Waals surface area contributed by atoms with E-state index in [0.717, 1.165) is 32.6 Å². The Labute approximate surface area is 99.8 Å². The Bertz CT molecular complexity index is 187. The molecule has 0 aromatic heterocycles. The maximum atomic E-state index is 12.1. The molecule has 0 saturated carbocycles. The van der Waals surface area contributed by atoms with Gasteiger partial charge in [0.05, 0.1) is 6.04 Å². The van der Waals surface area contributed by atoms with Gasteiger partial charge in [-0.25, -0.2) is 0 Å². The lowest BCUT2D eigenvalue weighted by Crippen LogP contribution is -2.48. The summed E-state index contributed by atoms with van der Waals surface area (Å²) in [4.78, 5) is 16.2. The predicted molar refractivity (Wildman–Crippen MR) is 68.3 cm³/mol. The number of amides is 1. The molecule has 16 heavy (non-hydrogen) atoms. The standard InChI is InChI=1S/C12H27N3O/c1-5-9-15(10-8-13)11(4)12(16)14(6-2)7-3/h11H,5-10,13H2,1-4H3. The Kier molecular flexibility index (Phi) is 8.21. The molecule has 1 atom stereocenters. The van der Waals surface area contributed by atoms with E-state index in [1.165, 1.54) is 0 Å². The fourth-order valence-corrected chi connectivity index (χ4v) is 1.91. The van der Waals surface area contributed by atoms with Crippen LogP contribution in [0, 0.1) is 0 Å². The van der Waals surface area contributed by atoms with Crippen LogP contribution in [0.3, 0.4) is 0 Å². The van der Waals surface area contributed by atoms with Crippen LogP contribution in [0.15, 0.2) is 0 Å². The molecule has 0 saturated heterocycles. The highest BCUT2D eigenvalue weighted by atomic mass is 16.2. The maximum absolute atomic E-state index is 12.1. The summed E-state index contributed by atoms with van der Waals surface area (Å²) in [5.74, 6) is 0.215. The molecule has 0 heterocycles. The molecule has 2 N–H and O–H groups in total. The Hall–Kier alpha value is -0.610. The minimum absolute atomic E-state index is 0.0524. The summed E-state index contributed by atoms with van der Waals surface area (Å²) >= 11 is 0. The van der Waals surface area contributed by atoms with Gasteiger partial charge >= 0.3 is 0 Å². The molecule has 1 amide bonds. The molecule has 0 aromatic rings. The smallest absolute Gasteiger partial charge is 0.239 e. The highest BCUT2D eigenvalue weighted by Gasteiger charge is 2.23. The van der Waals surface area contributed by atoms with Crippen molar-refractivity contribution in [3.05, 3.63) is 0 Å². The number of nitrogens with zero attached hydrogens (tertiary/aromatic N) is 2. The summed E-state index contributed by atoms with van der Waals surface area (Å²) in [6.45, 7) is 12.0. The van der Waals surface area contributed by atoms with Crippen LogP contribution in [-0.2, 0) is 4.79 Å². The van der Waals surface area contributed by atoms with E-state index < -0.39 is 0 Å². The van der Waals surface area contributed by atoms with Crippen LogP contribution in [0.1, 0.15) is 34.1 Å². The van der Waals surface area contributed by atoms with Gasteiger partial charge in [-0.3, -0.25) is 9.69 Å². The van der Waals surface area contributed by atoms with E-state index in [9.17, 15) is 4.79 Å². The SMILES string of the molecule is CCCN(CCN)C(C)C(=O)N(CC)CC. The van der Waals surface area contributed by atoms with Crippen LogP contribution < -0.4 is 5.73 Å². The molecule has 0 bridgehead atoms. The van der Waals surface area contributed by atoms with Gasteiger partial charge < -0.3 is 10.6 Å². The maximum Gasteiger partial charge on any atom is 0.239 e. The molecule has 0 fully saturated rings. The average Bonchev–Trinajstić information content (AvgIpc) is 2.29. The molecular formula is C12H27N3O. The second-order valence-corrected chi connectivity index (χ2v) is 4.01. The van der Waals surface area contributed by atoms with Crippen molar-refractivity contribution >= 4 is 5.91 Å². The van der Waals surface area contributed by atoms with Gasteiger partial charge in [0.2, 0.25) is 5.91 Å². The molecule has 4 nitrogen and oxygen atoms in total. The molecule has 96 valence electrons. The van der Waals surface area contributed by atoms with Gasteiger partial charge in [0, 0.05) is 26.2 Å². The number of likely N-dealkylation sites (N-methyl/N-ethyl adjacent to an activating group) is 1. The van der Waals surface area contributed by atoms with E-state index in [1.54, 1.807) is 0 Å². The zero-order valence-electron chi connectivity index (χ0n) is 11.2. The highest BCUT2D eigenvalue weighted by Crippen LogP contribution is 2.04. The number of carbonyl (C=O) groups excluding carboxylic acids is 1. The van der Waals surface area contributed by atoms with Gasteiger partial charge in [-0.05, 0) is 33.7 Å². The van der Waals surface area contributed by atoms with Crippen LogP contribution in [0.4, 0.5) is 0 Å². The van der Waals surface area contributed by atoms with Crippen LogP contribution >= 0.6 is 0 Å². The quantitative estimate of drug-likeness (QED) is 0.673. The van der Waals surface area contributed by atoms with Gasteiger partial charge in [-0.1, -0.05) is 6.92 Å². The van der Waals surface area contributed by atoms with Crippen LogP contribution in [0.5, 0.6) is 0 Å². The second kappa shape index (κ2) is 8.53. The van der Waals surface area contributed by atoms with Crippen LogP contribution in [-0.4, -0.2) is 54.5 Å². The molecule has 0 aliphatic rings. The molecule has 0 aliphatic carbocycles. The third kappa shape index (κ3) is 4.49. The monoisotopic (exact) mass is 229 g/mol. The molecular weight excluding hydrogens is 202 g/mol. The first kappa shape index (κ1) is 15.4. The van der Waals surface area contributed by atoms with Crippen molar-refractivity contribution in [2.24, 2.45) is 5.73 Å². The van der Waals surface area contributed by atoms with Gasteiger partial charge in [-0.2, -0.15) is 0 Å². The van der Waals surface area contributed by atoms with Gasteiger partial charge in [0.1, 0.15) is 0 Å². The molecule has 1 unspecified atom stereocenters. The molecule has 0 rings (SSSR count). The van der Waals surface area contributed by atoms with Crippen molar-refractivity contribution in [1.82, 2.24) is 9.80 Å². The van der Waals surface area contributed by atoms with E-state index in [-0.39, 0.29) is 11.9 Å². The molecule has 0 spiro atoms. The lowest BCUT2D eigenvalue weighted by molar-refractivity contribution is -0.136. The fraction of sp³-hybridized carbons (Fsp3) is 0.917. The van der Waals surface area contributed by atoms with Crippen molar-refractivity contribution < 1.29 is 4.79 Å². The fourth-order valence-electron chi connectivity index (χ4n) is 1.91. The third-order valence-electron chi connectivity index (χ3n) is 2.91. The summed E-state index contributed by atoms with van der Waals surface area (Å²) in [7, 11) is 0. The number of rotatable bonds is 8. The van der Waals surface area contributed by atoms with Gasteiger partial charge in [0.25, 0.3) is 0 Å². The number of carbonyl (C=O) groups is 1. The molecule has 0 aliphatic heterocycles. The number of nitrogens with two attached hydrogens (primary N) is 1. The van der Waals surface area contributed by atoms with Crippen molar-refractivity contribution in [3.63, 3.8) is 0 Å². The lowest BCUT2D eigenvalue weighted by Gasteiger charge is -2.31. The van der Waals surface area contributed by atoms with Crippen molar-refractivity contribution in [3.8, 4) is 0 Å². The zero-order valence-corrected chi connectivity index (χ0v) is 11.2. The predicted octanol–water partition coefficient (Wildman–Crippen LogP) is 0.914. The highest BCUT2D eigenvalue weighted by molar-refractivity contribution is 5.81. The normalized spacial score (nSPS) is 12.9. The zero-order chi connectivity index (χ0) is 12.6. The van der Waals surface area contributed by atoms with Crippen LogP contribution in [0.2, 0.25) is 0 Å². The summed E-state index contributed by atoms with van der Waals surface area (Å²) in [6, 6.07) is -0.0524.